The largest absolute Gasteiger partial charge is 0.376 e. The molecule has 4 rings (SSSR count). The van der Waals surface area contributed by atoms with Crippen LogP contribution < -0.4 is 4.90 Å². The van der Waals surface area contributed by atoms with Gasteiger partial charge in [0, 0.05) is 12.2 Å². The van der Waals surface area contributed by atoms with Crippen LogP contribution in [0.25, 0.3) is 10.2 Å². The molecule has 4 nitrogen and oxygen atoms in total. The Morgan fingerprint density at radius 1 is 1.28 bits per heavy atom. The van der Waals surface area contributed by atoms with Crippen molar-refractivity contribution < 1.29 is 13.9 Å². The minimum absolute atomic E-state index is 0.00970. The number of hydrogen-bond acceptors (Lipinski definition) is 4. The van der Waals surface area contributed by atoms with E-state index in [4.69, 9.17) is 4.74 Å². The minimum atomic E-state index is -0.424. The molecule has 0 spiro atoms. The fraction of sp³-hybridized carbons (Fsp3) is 0.263. The van der Waals surface area contributed by atoms with Gasteiger partial charge in [0.25, 0.3) is 5.91 Å². The van der Waals surface area contributed by atoms with Gasteiger partial charge in [-0.15, -0.1) is 0 Å². The summed E-state index contributed by atoms with van der Waals surface area (Å²) in [5.41, 5.74) is 1.17. The lowest BCUT2D eigenvalue weighted by Gasteiger charge is -2.23. The van der Waals surface area contributed by atoms with Gasteiger partial charge in [-0.05, 0) is 43.2 Å². The predicted molar refractivity (Wildman–Crippen MR) is 96.7 cm³/mol. The van der Waals surface area contributed by atoms with Gasteiger partial charge in [-0.3, -0.25) is 9.69 Å². The number of benzene rings is 2. The summed E-state index contributed by atoms with van der Waals surface area (Å²) in [7, 11) is 0. The van der Waals surface area contributed by atoms with Gasteiger partial charge in [0.2, 0.25) is 0 Å². The maximum absolute atomic E-state index is 13.6. The summed E-state index contributed by atoms with van der Waals surface area (Å²) in [6, 6.07) is 13.5. The molecule has 25 heavy (non-hydrogen) atoms. The molecular formula is C19H17FN2O2S. The summed E-state index contributed by atoms with van der Waals surface area (Å²) < 4.78 is 20.3. The van der Waals surface area contributed by atoms with Crippen molar-refractivity contribution in [2.75, 3.05) is 18.1 Å². The molecule has 0 aliphatic carbocycles. The van der Waals surface area contributed by atoms with E-state index >= 15 is 0 Å². The molecule has 2 aromatic carbocycles. The Morgan fingerprint density at radius 2 is 2.16 bits per heavy atom. The average Bonchev–Trinajstić information content (AvgIpc) is 3.28. The van der Waals surface area contributed by atoms with Crippen molar-refractivity contribution in [1.29, 1.82) is 0 Å². The number of fused-ring (bicyclic) bond motifs is 1. The second-order valence-corrected chi connectivity index (χ2v) is 7.03. The minimum Gasteiger partial charge on any atom is -0.376 e. The third-order valence-electron chi connectivity index (χ3n) is 4.24. The van der Waals surface area contributed by atoms with Crippen molar-refractivity contribution in [2.45, 2.75) is 18.9 Å². The number of carbonyl (C=O) groups is 1. The number of nitrogens with zero attached hydrogens (tertiary/aromatic N) is 2. The van der Waals surface area contributed by atoms with Gasteiger partial charge >= 0.3 is 0 Å². The van der Waals surface area contributed by atoms with Crippen LogP contribution in [0.1, 0.15) is 23.2 Å². The van der Waals surface area contributed by atoms with Crippen molar-refractivity contribution in [3.05, 3.63) is 59.9 Å². The number of rotatable bonds is 4. The molecule has 1 atom stereocenters. The van der Waals surface area contributed by atoms with Crippen LogP contribution in [0.4, 0.5) is 9.52 Å². The molecule has 3 aromatic rings. The normalized spacial score (nSPS) is 17.1. The zero-order valence-electron chi connectivity index (χ0n) is 13.5. The monoisotopic (exact) mass is 356 g/mol. The summed E-state index contributed by atoms with van der Waals surface area (Å²) in [6.07, 6.45) is 1.90. The van der Waals surface area contributed by atoms with E-state index in [1.165, 1.54) is 23.5 Å². The molecule has 1 unspecified atom stereocenters. The van der Waals surface area contributed by atoms with Gasteiger partial charge < -0.3 is 4.74 Å². The molecule has 1 saturated heterocycles. The quantitative estimate of drug-likeness (QED) is 0.701. The zero-order valence-corrected chi connectivity index (χ0v) is 14.3. The Balaban J connectivity index is 1.71. The standard InChI is InChI=1S/C19H17FN2O2S/c20-14-6-3-5-13(11-14)18(23)22(12-15-7-4-10-24-15)19-21-16-8-1-2-9-17(16)25-19/h1-3,5-6,8-9,11,15H,4,7,10,12H2. The molecule has 6 heteroatoms. The molecule has 1 aromatic heterocycles. The van der Waals surface area contributed by atoms with E-state index in [9.17, 15) is 9.18 Å². The van der Waals surface area contributed by atoms with Crippen molar-refractivity contribution in [1.82, 2.24) is 4.98 Å². The van der Waals surface area contributed by atoms with Crippen molar-refractivity contribution in [3.63, 3.8) is 0 Å². The van der Waals surface area contributed by atoms with E-state index < -0.39 is 5.82 Å². The average molecular weight is 356 g/mol. The highest BCUT2D eigenvalue weighted by Crippen LogP contribution is 2.30. The lowest BCUT2D eigenvalue weighted by Crippen LogP contribution is -2.37. The molecule has 1 amide bonds. The lowest BCUT2D eigenvalue weighted by molar-refractivity contribution is 0.0917. The van der Waals surface area contributed by atoms with E-state index in [-0.39, 0.29) is 12.0 Å². The van der Waals surface area contributed by atoms with Crippen LogP contribution in [0.3, 0.4) is 0 Å². The highest BCUT2D eigenvalue weighted by molar-refractivity contribution is 7.22. The number of aromatic nitrogens is 1. The third kappa shape index (κ3) is 3.41. The van der Waals surface area contributed by atoms with Gasteiger partial charge in [-0.2, -0.15) is 0 Å². The van der Waals surface area contributed by atoms with Crippen LogP contribution >= 0.6 is 11.3 Å². The maximum atomic E-state index is 13.6. The second-order valence-electron chi connectivity index (χ2n) is 6.03. The Morgan fingerprint density at radius 3 is 2.92 bits per heavy atom. The first-order valence-corrected chi connectivity index (χ1v) is 9.07. The van der Waals surface area contributed by atoms with E-state index in [0.29, 0.717) is 23.8 Å². The molecule has 0 bridgehead atoms. The number of thiazole rings is 1. The number of hydrogen-bond donors (Lipinski definition) is 0. The number of carbonyl (C=O) groups excluding carboxylic acids is 1. The van der Waals surface area contributed by atoms with Gasteiger partial charge in [-0.1, -0.05) is 29.5 Å². The highest BCUT2D eigenvalue weighted by Gasteiger charge is 2.27. The van der Waals surface area contributed by atoms with E-state index in [0.717, 1.165) is 23.1 Å². The SMILES string of the molecule is O=C(c1cccc(F)c1)N(CC1CCCO1)c1nc2ccccc2s1. The fourth-order valence-corrected chi connectivity index (χ4v) is 3.97. The van der Waals surface area contributed by atoms with E-state index in [2.05, 4.69) is 4.98 Å². The summed E-state index contributed by atoms with van der Waals surface area (Å²) >= 11 is 1.46. The first-order chi connectivity index (χ1) is 12.2. The molecule has 1 aliphatic heterocycles. The van der Waals surface area contributed by atoms with E-state index in [1.54, 1.807) is 17.0 Å². The first kappa shape index (κ1) is 16.2. The summed E-state index contributed by atoms with van der Waals surface area (Å²) in [5.74, 6) is -0.679. The number of anilines is 1. The van der Waals surface area contributed by atoms with Crippen molar-refractivity contribution in [2.24, 2.45) is 0 Å². The highest BCUT2D eigenvalue weighted by atomic mass is 32.1. The smallest absolute Gasteiger partial charge is 0.260 e. The van der Waals surface area contributed by atoms with Crippen LogP contribution in [-0.4, -0.2) is 30.1 Å². The molecule has 0 radical (unpaired) electrons. The number of halogens is 1. The lowest BCUT2D eigenvalue weighted by atomic mass is 10.1. The van der Waals surface area contributed by atoms with Gasteiger partial charge in [0.1, 0.15) is 5.82 Å². The Hall–Kier alpha value is -2.31. The molecule has 128 valence electrons. The number of amides is 1. The van der Waals surface area contributed by atoms with Gasteiger partial charge in [-0.25, -0.2) is 9.37 Å². The van der Waals surface area contributed by atoms with Crippen molar-refractivity contribution in [3.8, 4) is 0 Å². The van der Waals surface area contributed by atoms with Crippen LogP contribution in [0.15, 0.2) is 48.5 Å². The number of para-hydroxylation sites is 1. The Bertz CT molecular complexity index is 872. The summed E-state index contributed by atoms with van der Waals surface area (Å²) in [6.45, 7) is 1.14. The zero-order chi connectivity index (χ0) is 17.2. The third-order valence-corrected chi connectivity index (χ3v) is 5.30. The number of ether oxygens (including phenoxy) is 1. The van der Waals surface area contributed by atoms with Gasteiger partial charge in [0.05, 0.1) is 22.9 Å². The predicted octanol–water partition coefficient (Wildman–Crippen LogP) is 4.26. The van der Waals surface area contributed by atoms with Crippen LogP contribution in [0.2, 0.25) is 0 Å². The summed E-state index contributed by atoms with van der Waals surface area (Å²) in [5, 5.41) is 0.617. The Kier molecular flexibility index (Phi) is 4.46. The van der Waals surface area contributed by atoms with Crippen LogP contribution in [0.5, 0.6) is 0 Å². The molecule has 1 fully saturated rings. The summed E-state index contributed by atoms with van der Waals surface area (Å²) in [4.78, 5) is 19.3. The molecule has 1 aliphatic rings. The molecule has 2 heterocycles. The Labute approximate surface area is 148 Å². The maximum Gasteiger partial charge on any atom is 0.260 e. The molecule has 0 N–H and O–H groups in total. The molecular weight excluding hydrogens is 339 g/mol. The fourth-order valence-electron chi connectivity index (χ4n) is 2.99. The second kappa shape index (κ2) is 6.90. The first-order valence-electron chi connectivity index (χ1n) is 8.25. The topological polar surface area (TPSA) is 42.4 Å². The van der Waals surface area contributed by atoms with Crippen LogP contribution in [-0.2, 0) is 4.74 Å². The van der Waals surface area contributed by atoms with E-state index in [1.807, 2.05) is 24.3 Å². The van der Waals surface area contributed by atoms with Gasteiger partial charge in [0.15, 0.2) is 5.13 Å². The van der Waals surface area contributed by atoms with Crippen molar-refractivity contribution >= 4 is 32.6 Å². The molecule has 0 saturated carbocycles. The van der Waals surface area contributed by atoms with Crippen LogP contribution in [0, 0.1) is 5.82 Å².